The molecule has 2 N–H and O–H groups in total. The molecule has 6 nitrogen and oxygen atoms in total. The van der Waals surface area contributed by atoms with Gasteiger partial charge < -0.3 is 15.5 Å². The van der Waals surface area contributed by atoms with Crippen molar-refractivity contribution in [2.45, 2.75) is 24.5 Å². The van der Waals surface area contributed by atoms with Gasteiger partial charge in [-0.25, -0.2) is 4.79 Å². The summed E-state index contributed by atoms with van der Waals surface area (Å²) in [6.07, 6.45) is 0. The highest BCUT2D eigenvalue weighted by molar-refractivity contribution is 7.83. The van der Waals surface area contributed by atoms with Gasteiger partial charge in [0.05, 0.1) is 0 Å². The van der Waals surface area contributed by atoms with Crippen molar-refractivity contribution in [3.8, 4) is 0 Å². The van der Waals surface area contributed by atoms with Gasteiger partial charge in [-0.1, -0.05) is 42.5 Å². The Morgan fingerprint density at radius 3 is 2.40 bits per heavy atom. The third-order valence-electron chi connectivity index (χ3n) is 5.19. The van der Waals surface area contributed by atoms with E-state index in [1.54, 1.807) is 0 Å². The van der Waals surface area contributed by atoms with Crippen LogP contribution in [0.4, 0.5) is 10.5 Å². The van der Waals surface area contributed by atoms with Crippen LogP contribution < -0.4 is 10.6 Å². The molecule has 7 heteroatoms. The fourth-order valence-corrected chi connectivity index (χ4v) is 4.81. The number of amides is 2. The van der Waals surface area contributed by atoms with Crippen molar-refractivity contribution in [3.63, 3.8) is 0 Å². The molecule has 162 valence electrons. The van der Waals surface area contributed by atoms with Gasteiger partial charge in [-0.15, -0.1) is 0 Å². The van der Waals surface area contributed by atoms with E-state index in [0.717, 1.165) is 43.9 Å². The highest BCUT2D eigenvalue weighted by Crippen LogP contribution is 2.14. The van der Waals surface area contributed by atoms with E-state index in [0.29, 0.717) is 17.2 Å². The van der Waals surface area contributed by atoms with Gasteiger partial charge in [0.2, 0.25) is 0 Å². The third kappa shape index (κ3) is 7.55. The molecular weight excluding hydrogens is 396 g/mol. The molecule has 2 amide bonds. The second kappa shape index (κ2) is 11.2. The number of anilines is 1. The summed E-state index contributed by atoms with van der Waals surface area (Å²) in [5.74, 6) is 0.995. The Bertz CT molecular complexity index is 838. The van der Waals surface area contributed by atoms with Crippen molar-refractivity contribution in [1.29, 1.82) is 0 Å². The van der Waals surface area contributed by atoms with Crippen molar-refractivity contribution in [1.82, 2.24) is 15.1 Å². The summed E-state index contributed by atoms with van der Waals surface area (Å²) in [7, 11) is 1.14. The molecule has 0 bridgehead atoms. The normalized spacial score (nSPS) is 17.3. The highest BCUT2D eigenvalue weighted by Gasteiger charge is 2.17. The average Bonchev–Trinajstić information content (AvgIpc) is 2.70. The summed E-state index contributed by atoms with van der Waals surface area (Å²) in [6.45, 7) is 7.08. The Morgan fingerprint density at radius 2 is 1.67 bits per heavy atom. The van der Waals surface area contributed by atoms with Crippen LogP contribution in [0.5, 0.6) is 0 Å². The zero-order valence-electron chi connectivity index (χ0n) is 17.8. The van der Waals surface area contributed by atoms with Gasteiger partial charge in [0.25, 0.3) is 0 Å². The van der Waals surface area contributed by atoms with Crippen LogP contribution in [0.3, 0.4) is 0 Å². The molecule has 0 spiro atoms. The molecule has 1 aliphatic heterocycles. The molecule has 1 saturated heterocycles. The SMILES string of the molecule is C[C@@H](CN1CCN(C)CC1)NC(=O)Nc1cccc(C[S@@](=O)Cc2ccccc2)c1. The van der Waals surface area contributed by atoms with Crippen LogP contribution >= 0.6 is 0 Å². The Morgan fingerprint density at radius 1 is 1.00 bits per heavy atom. The van der Waals surface area contributed by atoms with Crippen LogP contribution in [0, 0.1) is 0 Å². The van der Waals surface area contributed by atoms with Crippen molar-refractivity contribution >= 4 is 22.5 Å². The molecule has 1 heterocycles. The number of hydrogen-bond donors (Lipinski definition) is 2. The summed E-state index contributed by atoms with van der Waals surface area (Å²) in [6, 6.07) is 17.3. The van der Waals surface area contributed by atoms with Gasteiger partial charge in [0.15, 0.2) is 0 Å². The fourth-order valence-electron chi connectivity index (χ4n) is 3.59. The minimum atomic E-state index is -0.996. The summed E-state index contributed by atoms with van der Waals surface area (Å²) in [4.78, 5) is 17.1. The van der Waals surface area contributed by atoms with Crippen LogP contribution in [-0.4, -0.2) is 65.9 Å². The maximum atomic E-state index is 12.5. The summed E-state index contributed by atoms with van der Waals surface area (Å²) in [5, 5.41) is 5.92. The van der Waals surface area contributed by atoms with E-state index in [2.05, 4.69) is 27.5 Å². The van der Waals surface area contributed by atoms with Crippen molar-refractivity contribution in [3.05, 3.63) is 65.7 Å². The Hall–Kier alpha value is -2.22. The molecule has 0 radical (unpaired) electrons. The number of hydrogen-bond acceptors (Lipinski definition) is 4. The molecular formula is C23H32N4O2S. The molecule has 0 aromatic heterocycles. The van der Waals surface area contributed by atoms with Gasteiger partial charge >= 0.3 is 6.03 Å². The zero-order chi connectivity index (χ0) is 21.3. The number of piperazine rings is 1. The zero-order valence-corrected chi connectivity index (χ0v) is 18.7. The van der Waals surface area contributed by atoms with Crippen LogP contribution in [0.2, 0.25) is 0 Å². The average molecular weight is 429 g/mol. The predicted octanol–water partition coefficient (Wildman–Crippen LogP) is 2.89. The maximum absolute atomic E-state index is 12.5. The van der Waals surface area contributed by atoms with Crippen molar-refractivity contribution in [2.75, 3.05) is 45.1 Å². The van der Waals surface area contributed by atoms with Crippen LogP contribution in [0.15, 0.2) is 54.6 Å². The summed E-state index contributed by atoms with van der Waals surface area (Å²) >= 11 is 0. The lowest BCUT2D eigenvalue weighted by atomic mass is 10.2. The standard InChI is InChI=1S/C23H32N4O2S/c1-19(16-27-13-11-26(2)12-14-27)24-23(28)25-22-10-6-9-21(15-22)18-30(29)17-20-7-4-3-5-8-20/h3-10,15,19H,11-14,16-18H2,1-2H3,(H2,24,25,28)/t19-,30-/m0/s1. The summed E-state index contributed by atoms with van der Waals surface area (Å²) in [5.41, 5.74) is 2.74. The number of likely N-dealkylation sites (N-methyl/N-ethyl adjacent to an activating group) is 1. The minimum absolute atomic E-state index is 0.0648. The molecule has 0 unspecified atom stereocenters. The van der Waals surface area contributed by atoms with Gasteiger partial charge in [-0.2, -0.15) is 0 Å². The molecule has 1 fully saturated rings. The molecule has 0 saturated carbocycles. The predicted molar refractivity (Wildman–Crippen MR) is 124 cm³/mol. The van der Waals surface area contributed by atoms with Crippen LogP contribution in [0.25, 0.3) is 0 Å². The first-order valence-corrected chi connectivity index (χ1v) is 11.9. The van der Waals surface area contributed by atoms with E-state index in [1.807, 2.05) is 61.5 Å². The molecule has 0 aliphatic carbocycles. The second-order valence-corrected chi connectivity index (χ2v) is 9.47. The Balaban J connectivity index is 1.45. The van der Waals surface area contributed by atoms with Crippen LogP contribution in [-0.2, 0) is 22.3 Å². The third-order valence-corrected chi connectivity index (χ3v) is 6.50. The van der Waals surface area contributed by atoms with Gasteiger partial charge in [0.1, 0.15) is 0 Å². The fraction of sp³-hybridized carbons (Fsp3) is 0.435. The first-order valence-electron chi connectivity index (χ1n) is 10.4. The largest absolute Gasteiger partial charge is 0.334 e. The first kappa shape index (κ1) is 22.5. The molecule has 30 heavy (non-hydrogen) atoms. The minimum Gasteiger partial charge on any atom is -0.334 e. The van der Waals surface area contributed by atoms with Crippen molar-refractivity contribution in [2.24, 2.45) is 0 Å². The monoisotopic (exact) mass is 428 g/mol. The number of urea groups is 1. The Labute approximate surface area is 182 Å². The van der Waals surface area contributed by atoms with E-state index in [-0.39, 0.29) is 12.1 Å². The van der Waals surface area contributed by atoms with Crippen LogP contribution in [0.1, 0.15) is 18.1 Å². The maximum Gasteiger partial charge on any atom is 0.319 e. The number of nitrogens with one attached hydrogen (secondary N) is 2. The second-order valence-electron chi connectivity index (χ2n) is 8.02. The number of benzene rings is 2. The van der Waals surface area contributed by atoms with E-state index in [1.165, 1.54) is 0 Å². The molecule has 1 aliphatic rings. The van der Waals surface area contributed by atoms with Gasteiger partial charge in [0, 0.05) is 66.8 Å². The smallest absolute Gasteiger partial charge is 0.319 e. The topological polar surface area (TPSA) is 64.7 Å². The number of carbonyl (C=O) groups is 1. The summed E-state index contributed by atoms with van der Waals surface area (Å²) < 4.78 is 12.5. The molecule has 3 rings (SSSR count). The van der Waals surface area contributed by atoms with E-state index in [9.17, 15) is 9.00 Å². The van der Waals surface area contributed by atoms with Crippen molar-refractivity contribution < 1.29 is 9.00 Å². The lowest BCUT2D eigenvalue weighted by Crippen LogP contribution is -2.50. The number of carbonyl (C=O) groups excluding carboxylic acids is 1. The van der Waals surface area contributed by atoms with E-state index in [4.69, 9.17) is 0 Å². The number of nitrogens with zero attached hydrogens (tertiary/aromatic N) is 2. The molecule has 2 aromatic rings. The quantitative estimate of drug-likeness (QED) is 0.679. The molecule has 2 aromatic carbocycles. The van der Waals surface area contributed by atoms with E-state index >= 15 is 0 Å². The lowest BCUT2D eigenvalue weighted by Gasteiger charge is -2.34. The van der Waals surface area contributed by atoms with Gasteiger partial charge in [-0.05, 0) is 37.2 Å². The van der Waals surface area contributed by atoms with Gasteiger partial charge in [-0.3, -0.25) is 9.11 Å². The van der Waals surface area contributed by atoms with E-state index < -0.39 is 10.8 Å². The molecule has 2 atom stereocenters. The highest BCUT2D eigenvalue weighted by atomic mass is 32.2. The lowest BCUT2D eigenvalue weighted by molar-refractivity contribution is 0.145. The number of rotatable bonds is 8. The first-order chi connectivity index (χ1) is 14.5. The Kier molecular flexibility index (Phi) is 8.42.